The molecule has 1 aromatic rings. The monoisotopic (exact) mass is 291 g/mol. The maximum absolute atomic E-state index is 11.7. The number of rotatable bonds is 5. The lowest BCUT2D eigenvalue weighted by molar-refractivity contribution is -0.136. The number of sulfonamides is 1. The summed E-state index contributed by atoms with van der Waals surface area (Å²) in [6.07, 6.45) is 0. The second-order valence-corrected chi connectivity index (χ2v) is 6.39. The van der Waals surface area contributed by atoms with E-state index in [9.17, 15) is 13.2 Å². The van der Waals surface area contributed by atoms with E-state index in [0.717, 1.165) is 6.92 Å². The predicted octanol–water partition coefficient (Wildman–Crippen LogP) is 1.79. The molecule has 0 bridgehead atoms. The molecule has 0 aliphatic rings. The minimum Gasteiger partial charge on any atom is -0.480 e. The van der Waals surface area contributed by atoms with Crippen LogP contribution in [0.2, 0.25) is 5.02 Å². The summed E-state index contributed by atoms with van der Waals surface area (Å²) in [4.78, 5) is 10.7. The van der Waals surface area contributed by atoms with Crippen LogP contribution in [0.4, 0.5) is 0 Å². The van der Waals surface area contributed by atoms with Crippen molar-refractivity contribution in [3.05, 3.63) is 34.9 Å². The first-order valence-corrected chi connectivity index (χ1v) is 7.16. The first kappa shape index (κ1) is 14.9. The highest BCUT2D eigenvalue weighted by molar-refractivity contribution is 7.90. The van der Waals surface area contributed by atoms with E-state index in [1.54, 1.807) is 31.2 Å². The Morgan fingerprint density at radius 2 is 2.00 bits per heavy atom. The molecule has 100 valence electrons. The highest BCUT2D eigenvalue weighted by Crippen LogP contribution is 2.18. The largest absolute Gasteiger partial charge is 0.480 e. The molecule has 1 rings (SSSR count). The summed E-state index contributed by atoms with van der Waals surface area (Å²) in [6.45, 7) is 2.74. The second-order valence-electron chi connectivity index (χ2n) is 3.92. The van der Waals surface area contributed by atoms with Crippen molar-refractivity contribution in [3.8, 4) is 0 Å². The topological polar surface area (TPSA) is 83.5 Å². The van der Waals surface area contributed by atoms with E-state index >= 15 is 0 Å². The third-order valence-electron chi connectivity index (χ3n) is 2.50. The highest BCUT2D eigenvalue weighted by atomic mass is 35.5. The van der Waals surface area contributed by atoms with E-state index in [-0.39, 0.29) is 0 Å². The summed E-state index contributed by atoms with van der Waals surface area (Å²) in [5.41, 5.74) is 0.670. The van der Waals surface area contributed by atoms with Gasteiger partial charge in [0.2, 0.25) is 10.0 Å². The van der Waals surface area contributed by atoms with Gasteiger partial charge in [-0.3, -0.25) is 4.79 Å². The minimum absolute atomic E-state index is 0.491. The Kier molecular flexibility index (Phi) is 4.72. The van der Waals surface area contributed by atoms with E-state index in [4.69, 9.17) is 16.7 Å². The Balaban J connectivity index is 2.88. The van der Waals surface area contributed by atoms with Crippen molar-refractivity contribution in [2.24, 2.45) is 0 Å². The summed E-state index contributed by atoms with van der Waals surface area (Å²) >= 11 is 5.80. The highest BCUT2D eigenvalue weighted by Gasteiger charge is 2.29. The minimum atomic E-state index is -3.91. The van der Waals surface area contributed by atoms with Crippen LogP contribution < -0.4 is 4.72 Å². The lowest BCUT2D eigenvalue weighted by Gasteiger charge is -2.16. The van der Waals surface area contributed by atoms with Gasteiger partial charge in [0.25, 0.3) is 0 Å². The Bertz CT molecular complexity index is 544. The van der Waals surface area contributed by atoms with Gasteiger partial charge in [-0.1, -0.05) is 23.7 Å². The van der Waals surface area contributed by atoms with Crippen molar-refractivity contribution in [3.63, 3.8) is 0 Å². The molecule has 0 radical (unpaired) electrons. The molecular formula is C11H14ClNO4S. The number of hydrogen-bond donors (Lipinski definition) is 2. The van der Waals surface area contributed by atoms with Crippen LogP contribution in [0, 0.1) is 0 Å². The fraction of sp³-hybridized carbons (Fsp3) is 0.364. The zero-order chi connectivity index (χ0) is 13.9. The molecule has 2 N–H and O–H groups in total. The lowest BCUT2D eigenvalue weighted by Crippen LogP contribution is -2.38. The number of benzene rings is 1. The van der Waals surface area contributed by atoms with Gasteiger partial charge in [0.15, 0.2) is 5.25 Å². The van der Waals surface area contributed by atoms with Gasteiger partial charge in [-0.05, 0) is 31.5 Å². The Hall–Kier alpha value is -1.11. The molecule has 0 heterocycles. The maximum atomic E-state index is 11.7. The predicted molar refractivity (Wildman–Crippen MR) is 69.0 cm³/mol. The molecule has 18 heavy (non-hydrogen) atoms. The molecule has 1 aromatic carbocycles. The average Bonchev–Trinajstić information content (AvgIpc) is 2.27. The number of halogens is 1. The number of aliphatic carboxylic acids is 1. The third-order valence-corrected chi connectivity index (χ3v) is 4.55. The SMILES string of the molecule is CC(C(=O)O)S(=O)(=O)N[C@H](C)c1cccc(Cl)c1. The normalized spacial score (nSPS) is 15.1. The van der Waals surface area contributed by atoms with Gasteiger partial charge >= 0.3 is 5.97 Å². The van der Waals surface area contributed by atoms with Crippen LogP contribution >= 0.6 is 11.6 Å². The summed E-state index contributed by atoms with van der Waals surface area (Å²) in [7, 11) is -3.91. The number of hydrogen-bond acceptors (Lipinski definition) is 3. The van der Waals surface area contributed by atoms with Crippen LogP contribution in [0.1, 0.15) is 25.5 Å². The zero-order valence-corrected chi connectivity index (χ0v) is 11.5. The van der Waals surface area contributed by atoms with Crippen LogP contribution in [0.3, 0.4) is 0 Å². The molecule has 0 aliphatic heterocycles. The zero-order valence-electron chi connectivity index (χ0n) is 9.92. The van der Waals surface area contributed by atoms with E-state index < -0.39 is 27.3 Å². The number of carboxylic acids is 1. The van der Waals surface area contributed by atoms with Crippen LogP contribution in [0.25, 0.3) is 0 Å². The Labute approximate surface area is 111 Å². The molecule has 0 aromatic heterocycles. The molecule has 1 unspecified atom stereocenters. The van der Waals surface area contributed by atoms with Crippen LogP contribution in [0.15, 0.2) is 24.3 Å². The standard InChI is InChI=1S/C11H14ClNO4S/c1-7(9-4-3-5-10(12)6-9)13-18(16,17)8(2)11(14)15/h3-8,13H,1-2H3,(H,14,15)/t7-,8?/m1/s1. The van der Waals surface area contributed by atoms with E-state index in [0.29, 0.717) is 10.6 Å². The number of carboxylic acid groups (broad SMARTS) is 1. The van der Waals surface area contributed by atoms with Crippen molar-refractivity contribution in [2.45, 2.75) is 25.1 Å². The molecular weight excluding hydrogens is 278 g/mol. The maximum Gasteiger partial charge on any atom is 0.323 e. The number of nitrogens with one attached hydrogen (secondary N) is 1. The summed E-state index contributed by atoms with van der Waals surface area (Å²) in [5, 5.41) is 7.69. The molecule has 0 aliphatic carbocycles. The molecule has 5 nitrogen and oxygen atoms in total. The van der Waals surface area contributed by atoms with Crippen LogP contribution in [0.5, 0.6) is 0 Å². The fourth-order valence-electron chi connectivity index (χ4n) is 1.33. The number of carbonyl (C=O) groups is 1. The Morgan fingerprint density at radius 1 is 1.39 bits per heavy atom. The van der Waals surface area contributed by atoms with E-state index in [1.807, 2.05) is 0 Å². The van der Waals surface area contributed by atoms with Gasteiger partial charge in [0, 0.05) is 11.1 Å². The Morgan fingerprint density at radius 3 is 2.50 bits per heavy atom. The van der Waals surface area contributed by atoms with Gasteiger partial charge in [-0.15, -0.1) is 0 Å². The molecule has 0 saturated carbocycles. The first-order chi connectivity index (χ1) is 8.24. The quantitative estimate of drug-likeness (QED) is 0.866. The lowest BCUT2D eigenvalue weighted by atomic mass is 10.1. The van der Waals surface area contributed by atoms with E-state index in [2.05, 4.69) is 4.72 Å². The van der Waals surface area contributed by atoms with Crippen LogP contribution in [-0.4, -0.2) is 24.7 Å². The summed E-state index contributed by atoms with van der Waals surface area (Å²) < 4.78 is 25.7. The molecule has 2 atom stereocenters. The fourth-order valence-corrected chi connectivity index (χ4v) is 2.62. The van der Waals surface area contributed by atoms with Crippen molar-refractivity contribution in [2.75, 3.05) is 0 Å². The first-order valence-electron chi connectivity index (χ1n) is 5.23. The average molecular weight is 292 g/mol. The molecule has 0 fully saturated rings. The van der Waals surface area contributed by atoms with Crippen molar-refractivity contribution in [1.29, 1.82) is 0 Å². The smallest absolute Gasteiger partial charge is 0.323 e. The molecule has 0 spiro atoms. The van der Waals surface area contributed by atoms with Crippen molar-refractivity contribution >= 4 is 27.6 Å². The van der Waals surface area contributed by atoms with Gasteiger partial charge in [-0.25, -0.2) is 13.1 Å². The van der Waals surface area contributed by atoms with E-state index in [1.165, 1.54) is 0 Å². The summed E-state index contributed by atoms with van der Waals surface area (Å²) in [5.74, 6) is -1.39. The molecule has 0 amide bonds. The van der Waals surface area contributed by atoms with Crippen molar-refractivity contribution in [1.82, 2.24) is 4.72 Å². The third kappa shape index (κ3) is 3.69. The van der Waals surface area contributed by atoms with Gasteiger partial charge in [0.05, 0.1) is 0 Å². The van der Waals surface area contributed by atoms with Gasteiger partial charge < -0.3 is 5.11 Å². The van der Waals surface area contributed by atoms with Gasteiger partial charge in [0.1, 0.15) is 0 Å². The molecule has 0 saturated heterocycles. The molecule has 7 heteroatoms. The van der Waals surface area contributed by atoms with Gasteiger partial charge in [-0.2, -0.15) is 0 Å². The second kappa shape index (κ2) is 5.69. The summed E-state index contributed by atoms with van der Waals surface area (Å²) in [6, 6.07) is 6.16. The van der Waals surface area contributed by atoms with Crippen LogP contribution in [-0.2, 0) is 14.8 Å². The van der Waals surface area contributed by atoms with Crippen molar-refractivity contribution < 1.29 is 18.3 Å².